The number of methoxy groups -OCH3 is 1. The molecule has 3 amide bonds. The van der Waals surface area contributed by atoms with Crippen LogP contribution in [0.2, 0.25) is 0 Å². The summed E-state index contributed by atoms with van der Waals surface area (Å²) in [5.41, 5.74) is 0.653. The zero-order valence-corrected chi connectivity index (χ0v) is 16.3. The first-order chi connectivity index (χ1) is 13.4. The minimum atomic E-state index is -0.474. The van der Waals surface area contributed by atoms with Crippen LogP contribution in [-0.2, 0) is 14.3 Å². The summed E-state index contributed by atoms with van der Waals surface area (Å²) in [6, 6.07) is 6.60. The molecule has 1 heterocycles. The minimum absolute atomic E-state index is 0.0172. The first kappa shape index (κ1) is 20.0. The maximum absolute atomic E-state index is 13.1. The van der Waals surface area contributed by atoms with Crippen molar-refractivity contribution in [3.63, 3.8) is 0 Å². The van der Waals surface area contributed by atoms with Crippen LogP contribution in [0.4, 0.5) is 0 Å². The van der Waals surface area contributed by atoms with Crippen LogP contribution in [0.3, 0.4) is 0 Å². The third-order valence-electron chi connectivity index (χ3n) is 5.58. The molecule has 7 nitrogen and oxygen atoms in total. The van der Waals surface area contributed by atoms with Gasteiger partial charge in [0.25, 0.3) is 11.8 Å². The molecule has 1 aliphatic carbocycles. The molecule has 1 aromatic carbocycles. The van der Waals surface area contributed by atoms with Crippen LogP contribution in [0.15, 0.2) is 24.3 Å². The predicted octanol–water partition coefficient (Wildman–Crippen LogP) is 2.25. The van der Waals surface area contributed by atoms with Crippen LogP contribution >= 0.6 is 0 Å². The molecule has 0 spiro atoms. The van der Waals surface area contributed by atoms with Gasteiger partial charge in [0.1, 0.15) is 6.54 Å². The number of ether oxygens (including phenoxy) is 1. The van der Waals surface area contributed by atoms with Crippen molar-refractivity contribution in [3.8, 4) is 0 Å². The molecule has 0 saturated heterocycles. The summed E-state index contributed by atoms with van der Waals surface area (Å²) < 4.78 is 4.79. The average Bonchev–Trinajstić information content (AvgIpc) is 2.96. The molecular weight excluding hydrogens is 360 g/mol. The molecule has 28 heavy (non-hydrogen) atoms. The van der Waals surface area contributed by atoms with E-state index in [1.807, 2.05) is 0 Å². The summed E-state index contributed by atoms with van der Waals surface area (Å²) in [5.74, 6) is -2.05. The fraction of sp³-hybridized carbons (Fsp3) is 0.524. The highest BCUT2D eigenvalue weighted by Crippen LogP contribution is 2.26. The van der Waals surface area contributed by atoms with Gasteiger partial charge in [-0.2, -0.15) is 0 Å². The standard InChI is InChI=1S/C21H26N2O5/c1-14(21(27)28-2)12-22(15-8-4-3-5-9-15)18(24)13-23-19(25)16-10-6-7-11-17(16)20(23)26/h6-7,10-11,14-15H,3-5,8-9,12-13H2,1-2H3. The van der Waals surface area contributed by atoms with E-state index in [9.17, 15) is 19.2 Å². The molecule has 0 radical (unpaired) electrons. The molecule has 0 N–H and O–H groups in total. The van der Waals surface area contributed by atoms with Crippen molar-refractivity contribution in [3.05, 3.63) is 35.4 Å². The summed E-state index contributed by atoms with van der Waals surface area (Å²) in [6.07, 6.45) is 4.90. The number of carbonyl (C=O) groups is 4. The van der Waals surface area contributed by atoms with Gasteiger partial charge in [-0.1, -0.05) is 38.3 Å². The first-order valence-electron chi connectivity index (χ1n) is 9.76. The van der Waals surface area contributed by atoms with E-state index in [2.05, 4.69) is 0 Å². The van der Waals surface area contributed by atoms with E-state index in [1.165, 1.54) is 7.11 Å². The number of esters is 1. The molecule has 2 aliphatic rings. The zero-order chi connectivity index (χ0) is 20.3. The van der Waals surface area contributed by atoms with Crippen molar-refractivity contribution in [2.45, 2.75) is 45.1 Å². The van der Waals surface area contributed by atoms with E-state index in [-0.39, 0.29) is 31.0 Å². The summed E-state index contributed by atoms with van der Waals surface area (Å²) in [7, 11) is 1.32. The Morgan fingerprint density at radius 3 is 2.21 bits per heavy atom. The Morgan fingerprint density at radius 1 is 1.11 bits per heavy atom. The van der Waals surface area contributed by atoms with E-state index in [1.54, 1.807) is 36.1 Å². The summed E-state index contributed by atoms with van der Waals surface area (Å²) >= 11 is 0. The summed E-state index contributed by atoms with van der Waals surface area (Å²) in [6.45, 7) is 1.63. The normalized spacial score (nSPS) is 18.0. The highest BCUT2D eigenvalue weighted by molar-refractivity contribution is 6.22. The van der Waals surface area contributed by atoms with Crippen LogP contribution in [0.25, 0.3) is 0 Å². The van der Waals surface area contributed by atoms with Crippen LogP contribution in [0.5, 0.6) is 0 Å². The third kappa shape index (κ3) is 3.93. The number of benzene rings is 1. The van der Waals surface area contributed by atoms with Crippen molar-refractivity contribution < 1.29 is 23.9 Å². The monoisotopic (exact) mass is 386 g/mol. The first-order valence-corrected chi connectivity index (χ1v) is 9.76. The van der Waals surface area contributed by atoms with Gasteiger partial charge in [0.2, 0.25) is 5.91 Å². The number of fused-ring (bicyclic) bond motifs is 1. The highest BCUT2D eigenvalue weighted by atomic mass is 16.5. The van der Waals surface area contributed by atoms with E-state index >= 15 is 0 Å². The second kappa shape index (κ2) is 8.54. The predicted molar refractivity (Wildman–Crippen MR) is 102 cm³/mol. The largest absolute Gasteiger partial charge is 0.469 e. The van der Waals surface area contributed by atoms with Crippen molar-refractivity contribution >= 4 is 23.7 Å². The van der Waals surface area contributed by atoms with Gasteiger partial charge in [0, 0.05) is 12.6 Å². The molecule has 7 heteroatoms. The molecule has 1 atom stereocenters. The van der Waals surface area contributed by atoms with Crippen molar-refractivity contribution in [2.24, 2.45) is 5.92 Å². The van der Waals surface area contributed by atoms with Crippen molar-refractivity contribution in [1.29, 1.82) is 0 Å². The van der Waals surface area contributed by atoms with E-state index < -0.39 is 17.7 Å². The Balaban J connectivity index is 1.76. The lowest BCUT2D eigenvalue weighted by Crippen LogP contribution is -2.49. The Morgan fingerprint density at radius 2 is 1.68 bits per heavy atom. The van der Waals surface area contributed by atoms with Gasteiger partial charge >= 0.3 is 5.97 Å². The summed E-state index contributed by atoms with van der Waals surface area (Å²) in [5, 5.41) is 0. The van der Waals surface area contributed by atoms with Gasteiger partial charge in [0.15, 0.2) is 0 Å². The topological polar surface area (TPSA) is 84.0 Å². The third-order valence-corrected chi connectivity index (χ3v) is 5.58. The van der Waals surface area contributed by atoms with E-state index in [4.69, 9.17) is 4.74 Å². The molecule has 1 fully saturated rings. The lowest BCUT2D eigenvalue weighted by Gasteiger charge is -2.36. The second-order valence-corrected chi connectivity index (χ2v) is 7.50. The maximum atomic E-state index is 13.1. The van der Waals surface area contributed by atoms with Gasteiger partial charge < -0.3 is 9.64 Å². The molecule has 0 bridgehead atoms. The number of imide groups is 1. The number of carbonyl (C=O) groups excluding carboxylic acids is 4. The molecule has 1 aliphatic heterocycles. The molecular formula is C21H26N2O5. The molecule has 0 aromatic heterocycles. The summed E-state index contributed by atoms with van der Waals surface area (Å²) in [4.78, 5) is 52.8. The Bertz CT molecular complexity index is 750. The SMILES string of the molecule is COC(=O)C(C)CN(C(=O)CN1C(=O)c2ccccc2C1=O)C1CCCCC1. The zero-order valence-electron chi connectivity index (χ0n) is 16.3. The van der Waals surface area contributed by atoms with Gasteiger partial charge in [0.05, 0.1) is 24.2 Å². The van der Waals surface area contributed by atoms with E-state index in [0.29, 0.717) is 11.1 Å². The number of nitrogens with zero attached hydrogens (tertiary/aromatic N) is 2. The minimum Gasteiger partial charge on any atom is -0.469 e. The molecule has 3 rings (SSSR count). The quantitative estimate of drug-likeness (QED) is 0.553. The van der Waals surface area contributed by atoms with Crippen LogP contribution in [-0.4, -0.2) is 59.7 Å². The number of rotatable bonds is 6. The fourth-order valence-corrected chi connectivity index (χ4v) is 4.03. The highest BCUT2D eigenvalue weighted by Gasteiger charge is 2.38. The van der Waals surface area contributed by atoms with Crippen LogP contribution in [0.1, 0.15) is 59.7 Å². The van der Waals surface area contributed by atoms with Gasteiger partial charge in [-0.15, -0.1) is 0 Å². The number of hydrogen-bond acceptors (Lipinski definition) is 5. The van der Waals surface area contributed by atoms with Crippen molar-refractivity contribution in [2.75, 3.05) is 20.2 Å². The molecule has 1 saturated carbocycles. The number of hydrogen-bond donors (Lipinski definition) is 0. The lowest BCUT2D eigenvalue weighted by atomic mass is 9.93. The maximum Gasteiger partial charge on any atom is 0.310 e. The molecule has 1 aromatic rings. The second-order valence-electron chi connectivity index (χ2n) is 7.50. The van der Waals surface area contributed by atoms with Crippen LogP contribution in [0, 0.1) is 5.92 Å². The van der Waals surface area contributed by atoms with Crippen LogP contribution < -0.4 is 0 Å². The van der Waals surface area contributed by atoms with Gasteiger partial charge in [-0.05, 0) is 25.0 Å². The number of amides is 3. The molecule has 1 unspecified atom stereocenters. The Kier molecular flexibility index (Phi) is 6.11. The Labute approximate surface area is 164 Å². The fourth-order valence-electron chi connectivity index (χ4n) is 4.03. The van der Waals surface area contributed by atoms with Gasteiger partial charge in [-0.25, -0.2) is 0 Å². The smallest absolute Gasteiger partial charge is 0.310 e. The average molecular weight is 386 g/mol. The lowest BCUT2D eigenvalue weighted by molar-refractivity contribution is -0.147. The van der Waals surface area contributed by atoms with Crippen molar-refractivity contribution in [1.82, 2.24) is 9.80 Å². The van der Waals surface area contributed by atoms with E-state index in [0.717, 1.165) is 37.0 Å². The van der Waals surface area contributed by atoms with Gasteiger partial charge in [-0.3, -0.25) is 24.1 Å². The molecule has 150 valence electrons. The Hall–Kier alpha value is -2.70.